The molecule has 0 aliphatic heterocycles. The van der Waals surface area contributed by atoms with Crippen LogP contribution in [-0.4, -0.2) is 24.5 Å². The van der Waals surface area contributed by atoms with Gasteiger partial charge in [0.15, 0.2) is 6.10 Å². The van der Waals surface area contributed by atoms with E-state index in [1.807, 2.05) is 13.0 Å². The Balaban J connectivity index is 1.45. The lowest BCUT2D eigenvalue weighted by Gasteiger charge is -2.15. The highest BCUT2D eigenvalue weighted by atomic mass is 35.5. The van der Waals surface area contributed by atoms with Gasteiger partial charge in [-0.25, -0.2) is 0 Å². The molecular formula is C21H22Cl2N2O4. The zero-order valence-corrected chi connectivity index (χ0v) is 17.6. The molecule has 6 nitrogen and oxygen atoms in total. The van der Waals surface area contributed by atoms with Gasteiger partial charge in [0, 0.05) is 5.92 Å². The van der Waals surface area contributed by atoms with Gasteiger partial charge in [0.05, 0.1) is 16.7 Å². The van der Waals surface area contributed by atoms with Crippen LogP contribution in [0.3, 0.4) is 0 Å². The van der Waals surface area contributed by atoms with Crippen molar-refractivity contribution in [3.8, 4) is 11.5 Å². The summed E-state index contributed by atoms with van der Waals surface area (Å²) in [7, 11) is 0. The molecule has 3 atom stereocenters. The third-order valence-corrected chi connectivity index (χ3v) is 5.36. The van der Waals surface area contributed by atoms with Gasteiger partial charge in [-0.1, -0.05) is 29.3 Å². The summed E-state index contributed by atoms with van der Waals surface area (Å²) >= 11 is 12.0. The number of hydrogen-bond acceptors (Lipinski definition) is 4. The molecule has 0 spiro atoms. The number of halogens is 2. The number of carbonyl (C=O) groups excluding carboxylic acids is 2. The van der Waals surface area contributed by atoms with Crippen molar-refractivity contribution in [2.24, 2.45) is 5.92 Å². The van der Waals surface area contributed by atoms with E-state index in [1.54, 1.807) is 43.3 Å². The molecular weight excluding hydrogens is 415 g/mol. The Labute approximate surface area is 179 Å². The molecule has 0 bridgehead atoms. The smallest absolute Gasteiger partial charge is 0.279 e. The van der Waals surface area contributed by atoms with Gasteiger partial charge in [-0.2, -0.15) is 0 Å². The molecule has 0 heterocycles. The molecule has 2 aromatic carbocycles. The van der Waals surface area contributed by atoms with Gasteiger partial charge in [-0.3, -0.25) is 20.4 Å². The highest BCUT2D eigenvalue weighted by Crippen LogP contribution is 2.48. The second-order valence-corrected chi connectivity index (χ2v) is 7.58. The van der Waals surface area contributed by atoms with Gasteiger partial charge >= 0.3 is 0 Å². The summed E-state index contributed by atoms with van der Waals surface area (Å²) in [5.74, 6) is 0.421. The Morgan fingerprint density at radius 3 is 2.41 bits per heavy atom. The van der Waals surface area contributed by atoms with E-state index in [-0.39, 0.29) is 17.7 Å². The molecule has 154 valence electrons. The van der Waals surface area contributed by atoms with Crippen molar-refractivity contribution in [1.29, 1.82) is 0 Å². The predicted molar refractivity (Wildman–Crippen MR) is 111 cm³/mol. The largest absolute Gasteiger partial charge is 0.494 e. The van der Waals surface area contributed by atoms with E-state index < -0.39 is 12.0 Å². The molecule has 0 saturated heterocycles. The highest BCUT2D eigenvalue weighted by Gasteiger charge is 2.44. The summed E-state index contributed by atoms with van der Waals surface area (Å²) in [6.45, 7) is 4.08. The lowest BCUT2D eigenvalue weighted by Crippen LogP contribution is -2.47. The molecule has 3 unspecified atom stereocenters. The highest BCUT2D eigenvalue weighted by molar-refractivity contribution is 6.42. The lowest BCUT2D eigenvalue weighted by atomic mass is 10.1. The predicted octanol–water partition coefficient (Wildman–Crippen LogP) is 4.11. The molecule has 2 aromatic rings. The zero-order chi connectivity index (χ0) is 21.0. The van der Waals surface area contributed by atoms with Crippen molar-refractivity contribution < 1.29 is 19.1 Å². The van der Waals surface area contributed by atoms with Crippen molar-refractivity contribution in [2.75, 3.05) is 6.61 Å². The molecule has 3 rings (SSSR count). The number of carbonyl (C=O) groups is 2. The number of benzene rings is 2. The summed E-state index contributed by atoms with van der Waals surface area (Å²) in [4.78, 5) is 24.5. The summed E-state index contributed by atoms with van der Waals surface area (Å²) in [5, 5.41) is 0.939. The quantitative estimate of drug-likeness (QED) is 0.640. The third kappa shape index (κ3) is 5.55. The van der Waals surface area contributed by atoms with Crippen LogP contribution in [0, 0.1) is 5.92 Å². The van der Waals surface area contributed by atoms with Gasteiger partial charge in [0.1, 0.15) is 11.5 Å². The van der Waals surface area contributed by atoms with Crippen LogP contribution in [0.5, 0.6) is 11.5 Å². The molecule has 0 radical (unpaired) electrons. The van der Waals surface area contributed by atoms with E-state index in [2.05, 4.69) is 10.9 Å². The van der Waals surface area contributed by atoms with E-state index in [0.717, 1.165) is 11.3 Å². The second-order valence-electron chi connectivity index (χ2n) is 6.77. The number of ether oxygens (including phenoxy) is 2. The minimum Gasteiger partial charge on any atom is -0.494 e. The Morgan fingerprint density at radius 2 is 1.76 bits per heavy atom. The average Bonchev–Trinajstić information content (AvgIpc) is 3.50. The lowest BCUT2D eigenvalue weighted by molar-refractivity contribution is -0.133. The molecule has 2 amide bonds. The standard InChI is InChI=1S/C21H22Cl2N2O4/c1-3-28-14-5-7-15(8-6-14)29-12(2)20(26)24-25-21(27)17-11-16(17)13-4-9-18(22)19(23)10-13/h4-10,12,16-17H,3,11H2,1-2H3,(H,24,26)(H,25,27). The Hall–Kier alpha value is -2.44. The topological polar surface area (TPSA) is 76.7 Å². The van der Waals surface area contributed by atoms with Crippen molar-refractivity contribution in [2.45, 2.75) is 32.3 Å². The maximum absolute atomic E-state index is 12.3. The Kier molecular flexibility index (Phi) is 6.87. The first-order chi connectivity index (χ1) is 13.9. The molecule has 1 aliphatic rings. The fourth-order valence-electron chi connectivity index (χ4n) is 2.95. The molecule has 1 saturated carbocycles. The maximum Gasteiger partial charge on any atom is 0.279 e. The summed E-state index contributed by atoms with van der Waals surface area (Å²) in [5.41, 5.74) is 5.83. The number of nitrogens with one attached hydrogen (secondary N) is 2. The van der Waals surface area contributed by atoms with E-state index in [1.165, 1.54) is 0 Å². The van der Waals surface area contributed by atoms with E-state index in [4.69, 9.17) is 32.7 Å². The number of hydrogen-bond donors (Lipinski definition) is 2. The van der Waals surface area contributed by atoms with Crippen LogP contribution in [0.2, 0.25) is 10.0 Å². The fourth-order valence-corrected chi connectivity index (χ4v) is 3.26. The van der Waals surface area contributed by atoms with Crippen molar-refractivity contribution in [1.82, 2.24) is 10.9 Å². The van der Waals surface area contributed by atoms with Gasteiger partial charge in [-0.05, 0) is 68.1 Å². The SMILES string of the molecule is CCOc1ccc(OC(C)C(=O)NNC(=O)C2CC2c2ccc(Cl)c(Cl)c2)cc1. The third-order valence-electron chi connectivity index (χ3n) is 4.62. The van der Waals surface area contributed by atoms with Gasteiger partial charge < -0.3 is 9.47 Å². The van der Waals surface area contributed by atoms with Crippen molar-refractivity contribution in [3.05, 3.63) is 58.1 Å². The van der Waals surface area contributed by atoms with E-state index >= 15 is 0 Å². The van der Waals surface area contributed by atoms with Crippen molar-refractivity contribution >= 4 is 35.0 Å². The second kappa shape index (κ2) is 9.37. The first-order valence-electron chi connectivity index (χ1n) is 9.33. The van der Waals surface area contributed by atoms with E-state index in [0.29, 0.717) is 28.8 Å². The number of hydrazine groups is 1. The molecule has 1 fully saturated rings. The first kappa shape index (κ1) is 21.3. The zero-order valence-electron chi connectivity index (χ0n) is 16.1. The summed E-state index contributed by atoms with van der Waals surface area (Å²) in [6.07, 6.45) is -0.0870. The molecule has 2 N–H and O–H groups in total. The monoisotopic (exact) mass is 436 g/mol. The molecule has 29 heavy (non-hydrogen) atoms. The molecule has 1 aliphatic carbocycles. The van der Waals surface area contributed by atoms with Crippen LogP contribution in [0.4, 0.5) is 0 Å². The van der Waals surface area contributed by atoms with Crippen LogP contribution in [0.15, 0.2) is 42.5 Å². The fraction of sp³-hybridized carbons (Fsp3) is 0.333. The van der Waals surface area contributed by atoms with Crippen LogP contribution in [0.25, 0.3) is 0 Å². The summed E-state index contributed by atoms with van der Waals surface area (Å²) < 4.78 is 10.9. The maximum atomic E-state index is 12.3. The first-order valence-corrected chi connectivity index (χ1v) is 10.1. The Bertz CT molecular complexity index is 889. The summed E-state index contributed by atoms with van der Waals surface area (Å²) in [6, 6.07) is 12.3. The van der Waals surface area contributed by atoms with Crippen LogP contribution in [0.1, 0.15) is 31.7 Å². The Morgan fingerprint density at radius 1 is 1.07 bits per heavy atom. The molecule has 8 heteroatoms. The minimum atomic E-state index is -0.779. The molecule has 0 aromatic heterocycles. The number of amides is 2. The van der Waals surface area contributed by atoms with E-state index in [9.17, 15) is 9.59 Å². The van der Waals surface area contributed by atoms with Gasteiger partial charge in [-0.15, -0.1) is 0 Å². The average molecular weight is 437 g/mol. The van der Waals surface area contributed by atoms with Crippen LogP contribution < -0.4 is 20.3 Å². The van der Waals surface area contributed by atoms with Gasteiger partial charge in [0.2, 0.25) is 5.91 Å². The van der Waals surface area contributed by atoms with Crippen LogP contribution >= 0.6 is 23.2 Å². The van der Waals surface area contributed by atoms with Crippen molar-refractivity contribution in [3.63, 3.8) is 0 Å². The normalized spacial score (nSPS) is 18.5. The minimum absolute atomic E-state index is 0.0687. The van der Waals surface area contributed by atoms with Crippen LogP contribution in [-0.2, 0) is 9.59 Å². The van der Waals surface area contributed by atoms with Gasteiger partial charge in [0.25, 0.3) is 5.91 Å². The number of rotatable bonds is 7.